The Morgan fingerprint density at radius 1 is 1.08 bits per heavy atom. The minimum atomic E-state index is -3.75. The molecule has 0 aliphatic carbocycles. The van der Waals surface area contributed by atoms with E-state index in [1.54, 1.807) is 18.2 Å². The third-order valence-corrected chi connectivity index (χ3v) is 5.73. The van der Waals surface area contributed by atoms with Gasteiger partial charge < -0.3 is 4.98 Å². The third-order valence-electron chi connectivity index (χ3n) is 4.09. The summed E-state index contributed by atoms with van der Waals surface area (Å²) in [5.41, 5.74) is 2.95. The van der Waals surface area contributed by atoms with Gasteiger partial charge in [0.1, 0.15) is 0 Å². The van der Waals surface area contributed by atoms with Gasteiger partial charge >= 0.3 is 0 Å². The zero-order valence-corrected chi connectivity index (χ0v) is 15.3. The maximum atomic E-state index is 12.3. The van der Waals surface area contributed by atoms with Crippen LogP contribution < -0.4 is 10.3 Å². The summed E-state index contributed by atoms with van der Waals surface area (Å²) in [6, 6.07) is 11.6. The molecule has 1 heterocycles. The summed E-state index contributed by atoms with van der Waals surface area (Å²) in [6.07, 6.45) is 0. The van der Waals surface area contributed by atoms with Crippen molar-refractivity contribution in [3.05, 3.63) is 74.5 Å². The minimum absolute atomic E-state index is 0.0590. The Balaban J connectivity index is 1.91. The highest BCUT2D eigenvalue weighted by molar-refractivity contribution is 7.89. The first-order chi connectivity index (χ1) is 11.8. The number of hydrogen-bond donors (Lipinski definition) is 2. The van der Waals surface area contributed by atoms with Gasteiger partial charge in [-0.25, -0.2) is 13.1 Å². The second kappa shape index (κ2) is 6.63. The van der Waals surface area contributed by atoms with Gasteiger partial charge in [0.25, 0.3) is 5.56 Å². The first-order valence-electron chi connectivity index (χ1n) is 7.65. The van der Waals surface area contributed by atoms with Crippen LogP contribution in [0.5, 0.6) is 0 Å². The van der Waals surface area contributed by atoms with Gasteiger partial charge in [-0.3, -0.25) is 4.79 Å². The number of sulfonamides is 1. The first-order valence-corrected chi connectivity index (χ1v) is 9.51. The van der Waals surface area contributed by atoms with Gasteiger partial charge in [-0.05, 0) is 66.8 Å². The molecule has 130 valence electrons. The first kappa shape index (κ1) is 17.7. The van der Waals surface area contributed by atoms with Gasteiger partial charge in [0.2, 0.25) is 10.0 Å². The molecule has 3 rings (SSSR count). The van der Waals surface area contributed by atoms with E-state index in [2.05, 4.69) is 9.71 Å². The van der Waals surface area contributed by atoms with Crippen molar-refractivity contribution in [1.29, 1.82) is 0 Å². The molecule has 7 heteroatoms. The Hall–Kier alpha value is -2.15. The predicted molar refractivity (Wildman–Crippen MR) is 99.5 cm³/mol. The number of rotatable bonds is 4. The van der Waals surface area contributed by atoms with E-state index in [4.69, 9.17) is 11.6 Å². The summed E-state index contributed by atoms with van der Waals surface area (Å²) in [5, 5.41) is 1.19. The van der Waals surface area contributed by atoms with Crippen molar-refractivity contribution in [3.8, 4) is 0 Å². The molecule has 0 aliphatic heterocycles. The average Bonchev–Trinajstić information content (AvgIpc) is 2.55. The number of aromatic amines is 1. The maximum Gasteiger partial charge on any atom is 0.252 e. The number of H-pyrrole nitrogens is 1. The van der Waals surface area contributed by atoms with Crippen LogP contribution in [0, 0.1) is 13.8 Å². The van der Waals surface area contributed by atoms with Gasteiger partial charge in [-0.1, -0.05) is 17.7 Å². The molecule has 0 aliphatic rings. The molecular formula is C18H17ClN2O3S. The van der Waals surface area contributed by atoms with Crippen LogP contribution in [0.25, 0.3) is 10.9 Å². The van der Waals surface area contributed by atoms with Crippen LogP contribution in [0.2, 0.25) is 5.02 Å². The lowest BCUT2D eigenvalue weighted by Crippen LogP contribution is -2.27. The van der Waals surface area contributed by atoms with E-state index < -0.39 is 10.0 Å². The van der Waals surface area contributed by atoms with Gasteiger partial charge in [-0.15, -0.1) is 0 Å². The molecule has 1 aromatic heterocycles. The van der Waals surface area contributed by atoms with Crippen LogP contribution >= 0.6 is 11.6 Å². The molecule has 3 aromatic rings. The van der Waals surface area contributed by atoms with Crippen LogP contribution in [0.15, 0.2) is 52.2 Å². The second-order valence-corrected chi connectivity index (χ2v) is 8.13. The standard InChI is InChI=1S/C18H17ClN2O3S/c1-11-6-13-8-14(18(22)21-17(13)7-12(11)2)10-20-25(23,24)16-5-3-4-15(19)9-16/h3-9,20H,10H2,1-2H3,(H,21,22). The molecule has 0 spiro atoms. The number of fused-ring (bicyclic) bond motifs is 1. The monoisotopic (exact) mass is 376 g/mol. The van der Waals surface area contributed by atoms with Crippen molar-refractivity contribution in [2.24, 2.45) is 0 Å². The summed E-state index contributed by atoms with van der Waals surface area (Å²) in [7, 11) is -3.75. The van der Waals surface area contributed by atoms with E-state index in [0.717, 1.165) is 22.0 Å². The van der Waals surface area contributed by atoms with Crippen LogP contribution in [0.3, 0.4) is 0 Å². The largest absolute Gasteiger partial charge is 0.322 e. The molecule has 0 amide bonds. The van der Waals surface area contributed by atoms with Crippen LogP contribution in [0.4, 0.5) is 0 Å². The molecule has 2 aromatic carbocycles. The lowest BCUT2D eigenvalue weighted by Gasteiger charge is -2.09. The summed E-state index contributed by atoms with van der Waals surface area (Å²) in [6.45, 7) is 3.86. The Kier molecular flexibility index (Phi) is 4.69. The van der Waals surface area contributed by atoms with E-state index in [0.29, 0.717) is 10.6 Å². The maximum absolute atomic E-state index is 12.3. The number of aromatic nitrogens is 1. The highest BCUT2D eigenvalue weighted by Crippen LogP contribution is 2.18. The molecule has 0 bridgehead atoms. The third kappa shape index (κ3) is 3.76. The van der Waals surface area contributed by atoms with Gasteiger partial charge in [0.05, 0.1) is 4.90 Å². The normalized spacial score (nSPS) is 11.8. The summed E-state index contributed by atoms with van der Waals surface area (Å²) < 4.78 is 27.1. The molecule has 0 radical (unpaired) electrons. The average molecular weight is 377 g/mol. The summed E-state index contributed by atoms with van der Waals surface area (Å²) in [5.74, 6) is 0. The van der Waals surface area contributed by atoms with E-state index in [-0.39, 0.29) is 17.0 Å². The fourth-order valence-corrected chi connectivity index (χ4v) is 3.85. The SMILES string of the molecule is Cc1cc2cc(CNS(=O)(=O)c3cccc(Cl)c3)c(=O)[nH]c2cc1C. The lowest BCUT2D eigenvalue weighted by molar-refractivity contribution is 0.581. The molecule has 0 saturated carbocycles. The Morgan fingerprint density at radius 2 is 1.80 bits per heavy atom. The lowest BCUT2D eigenvalue weighted by atomic mass is 10.1. The van der Waals surface area contributed by atoms with E-state index in [9.17, 15) is 13.2 Å². The van der Waals surface area contributed by atoms with Crippen molar-refractivity contribution >= 4 is 32.5 Å². The van der Waals surface area contributed by atoms with E-state index >= 15 is 0 Å². The van der Waals surface area contributed by atoms with Crippen molar-refractivity contribution in [1.82, 2.24) is 9.71 Å². The van der Waals surface area contributed by atoms with Crippen molar-refractivity contribution in [2.75, 3.05) is 0 Å². The molecule has 0 atom stereocenters. The smallest absolute Gasteiger partial charge is 0.252 e. The Bertz CT molecular complexity index is 1120. The topological polar surface area (TPSA) is 79.0 Å². The second-order valence-electron chi connectivity index (χ2n) is 5.93. The molecule has 0 saturated heterocycles. The number of pyridine rings is 1. The van der Waals surface area contributed by atoms with Crippen LogP contribution in [-0.4, -0.2) is 13.4 Å². The fourth-order valence-electron chi connectivity index (χ4n) is 2.54. The molecule has 2 N–H and O–H groups in total. The van der Waals surface area contributed by atoms with Crippen LogP contribution in [0.1, 0.15) is 16.7 Å². The number of hydrogen-bond acceptors (Lipinski definition) is 3. The molecule has 25 heavy (non-hydrogen) atoms. The fraction of sp³-hybridized carbons (Fsp3) is 0.167. The molecular weight excluding hydrogens is 360 g/mol. The quantitative estimate of drug-likeness (QED) is 0.733. The highest BCUT2D eigenvalue weighted by atomic mass is 35.5. The Labute approximate surface area is 150 Å². The van der Waals surface area contributed by atoms with Crippen molar-refractivity contribution < 1.29 is 8.42 Å². The summed E-state index contributed by atoms with van der Waals surface area (Å²) >= 11 is 5.84. The van der Waals surface area contributed by atoms with Gasteiger partial charge in [0, 0.05) is 22.6 Å². The number of aryl methyl sites for hydroxylation is 2. The molecule has 0 fully saturated rings. The van der Waals surface area contributed by atoms with Crippen LogP contribution in [-0.2, 0) is 16.6 Å². The van der Waals surface area contributed by atoms with E-state index in [1.807, 2.05) is 26.0 Å². The number of benzene rings is 2. The zero-order valence-electron chi connectivity index (χ0n) is 13.8. The Morgan fingerprint density at radius 3 is 2.52 bits per heavy atom. The highest BCUT2D eigenvalue weighted by Gasteiger charge is 2.15. The minimum Gasteiger partial charge on any atom is -0.322 e. The zero-order chi connectivity index (χ0) is 18.2. The van der Waals surface area contributed by atoms with Gasteiger partial charge in [0.15, 0.2) is 0 Å². The predicted octanol–water partition coefficient (Wildman–Crippen LogP) is 3.28. The van der Waals surface area contributed by atoms with E-state index in [1.165, 1.54) is 12.1 Å². The number of nitrogens with one attached hydrogen (secondary N) is 2. The number of halogens is 1. The van der Waals surface area contributed by atoms with Crippen molar-refractivity contribution in [2.45, 2.75) is 25.3 Å². The molecule has 5 nitrogen and oxygen atoms in total. The van der Waals surface area contributed by atoms with Crippen molar-refractivity contribution in [3.63, 3.8) is 0 Å². The summed E-state index contributed by atoms with van der Waals surface area (Å²) in [4.78, 5) is 15.1. The molecule has 0 unspecified atom stereocenters. The van der Waals surface area contributed by atoms with Gasteiger partial charge in [-0.2, -0.15) is 0 Å².